The molecule has 2 aromatic carbocycles. The number of nitrogens with one attached hydrogen (secondary N) is 2. The van der Waals surface area contributed by atoms with Crippen LogP contribution in [-0.4, -0.2) is 37.7 Å². The van der Waals surface area contributed by atoms with Crippen LogP contribution in [0.5, 0.6) is 11.5 Å². The van der Waals surface area contributed by atoms with Gasteiger partial charge in [-0.15, -0.1) is 0 Å². The molecule has 0 unspecified atom stereocenters. The number of rotatable bonds is 3. The number of urea groups is 1. The number of amides is 3. The van der Waals surface area contributed by atoms with E-state index >= 15 is 0 Å². The van der Waals surface area contributed by atoms with E-state index in [1.54, 1.807) is 23.1 Å². The first kappa shape index (κ1) is 18.0. The van der Waals surface area contributed by atoms with E-state index in [1.807, 2.05) is 0 Å². The van der Waals surface area contributed by atoms with Crippen LogP contribution in [0.15, 0.2) is 36.4 Å². The molecule has 0 radical (unpaired) electrons. The molecule has 2 aliphatic rings. The fourth-order valence-electron chi connectivity index (χ4n) is 3.19. The number of hydrogen-bond acceptors (Lipinski definition) is 4. The van der Waals surface area contributed by atoms with Crippen LogP contribution >= 0.6 is 0 Å². The molecule has 0 spiro atoms. The van der Waals surface area contributed by atoms with E-state index in [0.29, 0.717) is 36.5 Å². The van der Waals surface area contributed by atoms with E-state index in [0.717, 1.165) is 12.1 Å². The number of nitrogens with zero attached hydrogens (tertiary/aromatic N) is 1. The molecule has 1 saturated heterocycles. The Balaban J connectivity index is 1.40. The molecule has 2 heterocycles. The summed E-state index contributed by atoms with van der Waals surface area (Å²) in [4.78, 5) is 26.0. The van der Waals surface area contributed by atoms with Gasteiger partial charge in [-0.2, -0.15) is 0 Å². The molecule has 28 heavy (non-hydrogen) atoms. The number of fused-ring (bicyclic) bond motifs is 1. The first-order chi connectivity index (χ1) is 13.5. The summed E-state index contributed by atoms with van der Waals surface area (Å²) in [5, 5.41) is 4.95. The molecule has 2 aromatic rings. The third kappa shape index (κ3) is 3.68. The second-order valence-corrected chi connectivity index (χ2v) is 6.46. The summed E-state index contributed by atoms with van der Waals surface area (Å²) in [6.07, 6.45) is 0.105. The lowest BCUT2D eigenvalue weighted by molar-refractivity contribution is -0.117. The van der Waals surface area contributed by atoms with Gasteiger partial charge in [0.2, 0.25) is 5.91 Å². The zero-order chi connectivity index (χ0) is 19.7. The number of benzene rings is 2. The maximum atomic E-state index is 13.6. The molecule has 0 saturated carbocycles. The number of carbonyl (C=O) groups is 2. The Hall–Kier alpha value is -3.36. The molecule has 9 heteroatoms. The zero-order valence-corrected chi connectivity index (χ0v) is 14.7. The molecule has 2 N–H and O–H groups in total. The predicted octanol–water partition coefficient (Wildman–Crippen LogP) is 2.66. The molecule has 1 atom stereocenters. The van der Waals surface area contributed by atoms with Crippen molar-refractivity contribution in [1.29, 1.82) is 0 Å². The van der Waals surface area contributed by atoms with Crippen molar-refractivity contribution in [3.63, 3.8) is 0 Å². The average molecular weight is 389 g/mol. The Bertz CT molecular complexity index is 937. The van der Waals surface area contributed by atoms with Crippen molar-refractivity contribution in [2.45, 2.75) is 12.5 Å². The molecule has 0 aromatic heterocycles. The van der Waals surface area contributed by atoms with Crippen LogP contribution in [0.2, 0.25) is 0 Å². The molecule has 7 nitrogen and oxygen atoms in total. The molecule has 1 fully saturated rings. The first-order valence-corrected chi connectivity index (χ1v) is 8.72. The van der Waals surface area contributed by atoms with Gasteiger partial charge in [0.25, 0.3) is 0 Å². The topological polar surface area (TPSA) is 79.9 Å². The van der Waals surface area contributed by atoms with Crippen LogP contribution in [0.25, 0.3) is 0 Å². The predicted molar refractivity (Wildman–Crippen MR) is 96.7 cm³/mol. The third-order valence-electron chi connectivity index (χ3n) is 4.48. The number of anilines is 2. The smallest absolute Gasteiger partial charge is 0.319 e. The van der Waals surface area contributed by atoms with Gasteiger partial charge >= 0.3 is 6.03 Å². The van der Waals surface area contributed by atoms with Crippen molar-refractivity contribution in [1.82, 2.24) is 5.32 Å². The highest BCUT2D eigenvalue weighted by molar-refractivity contribution is 5.98. The molecule has 4 rings (SSSR count). The third-order valence-corrected chi connectivity index (χ3v) is 4.48. The Morgan fingerprint density at radius 1 is 1.07 bits per heavy atom. The SMILES string of the molecule is O=C(Nc1ccc(F)cc1F)N[C@@H]1CC(=O)N(c2ccc3c(c2)OCCO3)C1. The van der Waals surface area contributed by atoms with Gasteiger partial charge in [0.05, 0.1) is 11.7 Å². The van der Waals surface area contributed by atoms with E-state index < -0.39 is 23.7 Å². The largest absolute Gasteiger partial charge is 0.486 e. The Labute approximate surface area is 159 Å². The van der Waals surface area contributed by atoms with Crippen LogP contribution in [-0.2, 0) is 4.79 Å². The summed E-state index contributed by atoms with van der Waals surface area (Å²) in [6, 6.07) is 6.94. The average Bonchev–Trinajstić information content (AvgIpc) is 3.03. The second-order valence-electron chi connectivity index (χ2n) is 6.46. The zero-order valence-electron chi connectivity index (χ0n) is 14.7. The summed E-state index contributed by atoms with van der Waals surface area (Å²) in [5.74, 6) is -0.583. The minimum absolute atomic E-state index is 0.105. The van der Waals surface area contributed by atoms with E-state index in [2.05, 4.69) is 10.6 Å². The van der Waals surface area contributed by atoms with Crippen LogP contribution in [0.3, 0.4) is 0 Å². The number of ether oxygens (including phenoxy) is 2. The lowest BCUT2D eigenvalue weighted by Crippen LogP contribution is -2.39. The standard InChI is InChI=1S/C19H17F2N3O4/c20-11-1-3-15(14(21)7-11)23-19(26)22-12-8-18(25)24(10-12)13-2-4-16-17(9-13)28-6-5-27-16/h1-4,7,9,12H,5-6,8,10H2,(H2,22,23,26)/t12-/m1/s1. The highest BCUT2D eigenvalue weighted by atomic mass is 19.1. The quantitative estimate of drug-likeness (QED) is 0.846. The Kier molecular flexibility index (Phi) is 4.72. The van der Waals surface area contributed by atoms with Crippen molar-refractivity contribution >= 4 is 23.3 Å². The lowest BCUT2D eigenvalue weighted by Gasteiger charge is -2.22. The van der Waals surface area contributed by atoms with E-state index in [4.69, 9.17) is 9.47 Å². The molecule has 0 aliphatic carbocycles. The fraction of sp³-hybridized carbons (Fsp3) is 0.263. The molecule has 0 bridgehead atoms. The summed E-state index contributed by atoms with van der Waals surface area (Å²) in [6.45, 7) is 1.18. The Morgan fingerprint density at radius 3 is 2.64 bits per heavy atom. The first-order valence-electron chi connectivity index (χ1n) is 8.72. The van der Waals surface area contributed by atoms with Gasteiger partial charge in [-0.1, -0.05) is 0 Å². The monoisotopic (exact) mass is 389 g/mol. The van der Waals surface area contributed by atoms with Crippen molar-refractivity contribution in [3.8, 4) is 11.5 Å². The molecule has 3 amide bonds. The highest BCUT2D eigenvalue weighted by Gasteiger charge is 2.32. The van der Waals surface area contributed by atoms with Gasteiger partial charge in [-0.25, -0.2) is 13.6 Å². The van der Waals surface area contributed by atoms with Crippen LogP contribution < -0.4 is 25.0 Å². The lowest BCUT2D eigenvalue weighted by atomic mass is 10.2. The van der Waals surface area contributed by atoms with Crippen molar-refractivity contribution < 1.29 is 27.8 Å². The fourth-order valence-corrected chi connectivity index (χ4v) is 3.19. The van der Waals surface area contributed by atoms with Gasteiger partial charge in [-0.3, -0.25) is 4.79 Å². The minimum Gasteiger partial charge on any atom is -0.486 e. The van der Waals surface area contributed by atoms with Gasteiger partial charge < -0.3 is 25.0 Å². The van der Waals surface area contributed by atoms with Crippen LogP contribution in [0, 0.1) is 11.6 Å². The second kappa shape index (κ2) is 7.34. The van der Waals surface area contributed by atoms with E-state index in [1.165, 1.54) is 0 Å². The van der Waals surface area contributed by atoms with Crippen LogP contribution in [0.4, 0.5) is 25.0 Å². The molecule has 146 valence electrons. The molecular formula is C19H17F2N3O4. The summed E-state index contributed by atoms with van der Waals surface area (Å²) in [7, 11) is 0. The maximum Gasteiger partial charge on any atom is 0.319 e. The van der Waals surface area contributed by atoms with Crippen molar-refractivity contribution in [2.24, 2.45) is 0 Å². The van der Waals surface area contributed by atoms with Gasteiger partial charge in [0, 0.05) is 30.8 Å². The van der Waals surface area contributed by atoms with Crippen molar-refractivity contribution in [2.75, 3.05) is 30.0 Å². The summed E-state index contributed by atoms with van der Waals surface area (Å²) in [5.41, 5.74) is 0.496. The number of carbonyl (C=O) groups excluding carboxylic acids is 2. The highest BCUT2D eigenvalue weighted by Crippen LogP contribution is 2.35. The van der Waals surface area contributed by atoms with E-state index in [9.17, 15) is 18.4 Å². The maximum absolute atomic E-state index is 13.6. The van der Waals surface area contributed by atoms with E-state index in [-0.39, 0.29) is 24.6 Å². The molecule has 2 aliphatic heterocycles. The molecular weight excluding hydrogens is 372 g/mol. The summed E-state index contributed by atoms with van der Waals surface area (Å²) < 4.78 is 37.6. The normalized spacial score (nSPS) is 18.1. The van der Waals surface area contributed by atoms with Crippen molar-refractivity contribution in [3.05, 3.63) is 48.0 Å². The minimum atomic E-state index is -0.879. The van der Waals surface area contributed by atoms with Gasteiger partial charge in [0.15, 0.2) is 11.5 Å². The summed E-state index contributed by atoms with van der Waals surface area (Å²) >= 11 is 0. The van der Waals surface area contributed by atoms with Gasteiger partial charge in [-0.05, 0) is 24.3 Å². The Morgan fingerprint density at radius 2 is 1.86 bits per heavy atom. The van der Waals surface area contributed by atoms with Gasteiger partial charge in [0.1, 0.15) is 24.8 Å². The number of halogens is 2. The van der Waals surface area contributed by atoms with Crippen LogP contribution in [0.1, 0.15) is 6.42 Å². The number of hydrogen-bond donors (Lipinski definition) is 2.